The second kappa shape index (κ2) is 20.6. The lowest BCUT2D eigenvalue weighted by Crippen LogP contribution is -2.51. The Kier molecular flexibility index (Phi) is 16.8. The number of hydrogen-bond acceptors (Lipinski definition) is 11. The SMILES string of the molecule is CCCCOP(=O)(COc1ccc(C[C@H](NC(=O)O[C@H]2CO[C@H]3OCC[C@H]32)[C@H](O)CN(CC(C)C)S(=O)(=O)c2ccc(C(F)(F)F)cc2)cc1)OCCCC. The number of ether oxygens (including phenoxy) is 4. The summed E-state index contributed by atoms with van der Waals surface area (Å²) < 4.78 is 115. The molecule has 2 saturated heterocycles. The smallest absolute Gasteiger partial charge is 0.416 e. The van der Waals surface area contributed by atoms with Crippen molar-refractivity contribution in [1.29, 1.82) is 0 Å². The van der Waals surface area contributed by atoms with Crippen LogP contribution in [0.5, 0.6) is 5.75 Å². The quantitative estimate of drug-likeness (QED) is 0.0933. The molecule has 2 aliphatic heterocycles. The number of nitrogens with zero attached hydrogens (tertiary/aromatic N) is 1. The fourth-order valence-electron chi connectivity index (χ4n) is 6.07. The van der Waals surface area contributed by atoms with Gasteiger partial charge in [-0.3, -0.25) is 4.57 Å². The predicted octanol–water partition coefficient (Wildman–Crippen LogP) is 6.97. The molecule has 1 amide bonds. The van der Waals surface area contributed by atoms with Crippen LogP contribution in [-0.4, -0.2) is 94.3 Å². The van der Waals surface area contributed by atoms with Crippen molar-refractivity contribution < 1.29 is 64.1 Å². The van der Waals surface area contributed by atoms with Crippen molar-refractivity contribution in [2.24, 2.45) is 11.8 Å². The number of nitrogens with one attached hydrogen (secondary N) is 1. The van der Waals surface area contributed by atoms with E-state index in [-0.39, 0.29) is 55.9 Å². The zero-order chi connectivity index (χ0) is 40.2. The molecule has 0 aliphatic carbocycles. The number of benzene rings is 2. The first kappa shape index (κ1) is 44.9. The van der Waals surface area contributed by atoms with E-state index in [4.69, 9.17) is 28.0 Å². The molecule has 310 valence electrons. The van der Waals surface area contributed by atoms with E-state index in [9.17, 15) is 36.1 Å². The number of unbranched alkanes of at least 4 members (excludes halogenated alkanes) is 2. The molecule has 0 unspecified atom stereocenters. The van der Waals surface area contributed by atoms with Gasteiger partial charge in [0.05, 0.1) is 55.0 Å². The molecule has 0 bridgehead atoms. The summed E-state index contributed by atoms with van der Waals surface area (Å²) in [6, 6.07) is 8.65. The normalized spacial score (nSPS) is 20.1. The van der Waals surface area contributed by atoms with E-state index in [2.05, 4.69) is 5.32 Å². The van der Waals surface area contributed by atoms with Gasteiger partial charge in [0.1, 0.15) is 11.9 Å². The monoisotopic (exact) mass is 822 g/mol. The van der Waals surface area contributed by atoms with Crippen molar-refractivity contribution in [2.45, 2.75) is 102 Å². The number of rotatable bonds is 22. The van der Waals surface area contributed by atoms with Crippen molar-refractivity contribution in [2.75, 3.05) is 45.9 Å². The van der Waals surface area contributed by atoms with Crippen LogP contribution in [0.2, 0.25) is 0 Å². The molecule has 2 fully saturated rings. The largest absolute Gasteiger partial charge is 0.481 e. The van der Waals surface area contributed by atoms with Gasteiger partial charge >= 0.3 is 19.9 Å². The first-order valence-corrected chi connectivity index (χ1v) is 21.9. The van der Waals surface area contributed by atoms with E-state index in [1.807, 2.05) is 13.8 Å². The number of carbonyl (C=O) groups excluding carboxylic acids is 1. The Morgan fingerprint density at radius 2 is 1.64 bits per heavy atom. The molecule has 5 atom stereocenters. The maximum atomic E-state index is 13.8. The van der Waals surface area contributed by atoms with E-state index in [1.165, 1.54) is 0 Å². The fraction of sp³-hybridized carbons (Fsp3) is 0.649. The van der Waals surface area contributed by atoms with Gasteiger partial charge in [-0.25, -0.2) is 13.2 Å². The van der Waals surface area contributed by atoms with Gasteiger partial charge < -0.3 is 38.4 Å². The number of alkyl carbamates (subject to hydrolysis) is 1. The average Bonchev–Trinajstić information content (AvgIpc) is 3.76. The molecular formula is C37H54F3N2O11PS. The van der Waals surface area contributed by atoms with Crippen molar-refractivity contribution in [3.05, 3.63) is 59.7 Å². The highest BCUT2D eigenvalue weighted by Crippen LogP contribution is 2.48. The number of amides is 1. The highest BCUT2D eigenvalue weighted by atomic mass is 32.2. The Hall–Kier alpha value is -2.76. The third-order valence-electron chi connectivity index (χ3n) is 9.13. The zero-order valence-corrected chi connectivity index (χ0v) is 33.5. The Labute approximate surface area is 321 Å². The van der Waals surface area contributed by atoms with Gasteiger partial charge in [0, 0.05) is 13.1 Å². The summed E-state index contributed by atoms with van der Waals surface area (Å²) in [5, 5.41) is 14.3. The van der Waals surface area contributed by atoms with E-state index in [1.54, 1.807) is 38.1 Å². The predicted molar refractivity (Wildman–Crippen MR) is 197 cm³/mol. The molecular weight excluding hydrogens is 768 g/mol. The number of carbonyl (C=O) groups is 1. The minimum atomic E-state index is -4.66. The maximum Gasteiger partial charge on any atom is 0.416 e. The van der Waals surface area contributed by atoms with Crippen LogP contribution in [0.15, 0.2) is 53.4 Å². The van der Waals surface area contributed by atoms with Crippen molar-refractivity contribution in [3.63, 3.8) is 0 Å². The number of aliphatic hydroxyl groups excluding tert-OH is 1. The molecule has 0 aromatic heterocycles. The Bertz CT molecular complexity index is 1630. The number of aliphatic hydroxyl groups is 1. The third kappa shape index (κ3) is 13.4. The van der Waals surface area contributed by atoms with E-state index < -0.39 is 66.5 Å². The van der Waals surface area contributed by atoms with E-state index >= 15 is 0 Å². The summed E-state index contributed by atoms with van der Waals surface area (Å²) in [5.41, 5.74) is -0.383. The highest BCUT2D eigenvalue weighted by Gasteiger charge is 2.44. The lowest BCUT2D eigenvalue weighted by Gasteiger charge is -2.31. The highest BCUT2D eigenvalue weighted by molar-refractivity contribution is 7.89. The summed E-state index contributed by atoms with van der Waals surface area (Å²) in [5.74, 6) is -0.0120. The van der Waals surface area contributed by atoms with Crippen molar-refractivity contribution >= 4 is 23.7 Å². The van der Waals surface area contributed by atoms with E-state index in [0.717, 1.165) is 29.3 Å². The second-order valence-electron chi connectivity index (χ2n) is 14.1. The van der Waals surface area contributed by atoms with Crippen LogP contribution in [0.4, 0.5) is 18.0 Å². The summed E-state index contributed by atoms with van der Waals surface area (Å²) in [6.07, 6.45) is -4.58. The molecule has 2 N–H and O–H groups in total. The van der Waals surface area contributed by atoms with Crippen molar-refractivity contribution in [1.82, 2.24) is 9.62 Å². The standard InChI is InChI=1S/C37H54F3N2O11PS/c1-5-7-18-51-54(45,52-19-8-6-2)25-50-29-13-9-27(10-14-29)21-32(41-36(44)53-34-24-49-35-31(34)17-20-48-35)33(43)23-42(22-26(3)4)55(46,47)30-15-11-28(12-16-30)37(38,39)40/h9-16,26,31-35,43H,5-8,17-25H2,1-4H3,(H,41,44)/t31-,32-,33+,34-,35+/m0/s1. The first-order valence-electron chi connectivity index (χ1n) is 18.7. The van der Waals surface area contributed by atoms with Gasteiger partial charge in [0.25, 0.3) is 0 Å². The summed E-state index contributed by atoms with van der Waals surface area (Å²) in [4.78, 5) is 12.9. The van der Waals surface area contributed by atoms with Gasteiger partial charge in [-0.1, -0.05) is 52.7 Å². The molecule has 4 rings (SSSR count). The number of halogens is 3. The molecule has 2 heterocycles. The van der Waals surface area contributed by atoms with Gasteiger partial charge in [0.2, 0.25) is 10.0 Å². The van der Waals surface area contributed by atoms with Gasteiger partial charge in [-0.15, -0.1) is 0 Å². The number of hydrogen-bond donors (Lipinski definition) is 2. The van der Waals surface area contributed by atoms with Gasteiger partial charge in [0.15, 0.2) is 12.6 Å². The van der Waals surface area contributed by atoms with Crippen LogP contribution < -0.4 is 10.1 Å². The van der Waals surface area contributed by atoms with Crippen LogP contribution in [0.1, 0.15) is 70.9 Å². The summed E-state index contributed by atoms with van der Waals surface area (Å²) in [6.45, 7) is 8.06. The van der Waals surface area contributed by atoms with Crippen LogP contribution in [0, 0.1) is 11.8 Å². The zero-order valence-electron chi connectivity index (χ0n) is 31.7. The molecule has 2 aromatic carbocycles. The summed E-state index contributed by atoms with van der Waals surface area (Å²) >= 11 is 0. The fourth-order valence-corrected chi connectivity index (χ4v) is 9.04. The molecule has 2 aromatic rings. The van der Waals surface area contributed by atoms with E-state index in [0.29, 0.717) is 49.3 Å². The Morgan fingerprint density at radius 1 is 1.00 bits per heavy atom. The second-order valence-corrected chi connectivity index (χ2v) is 18.1. The molecule has 55 heavy (non-hydrogen) atoms. The van der Waals surface area contributed by atoms with Crippen LogP contribution in [0.25, 0.3) is 0 Å². The molecule has 0 spiro atoms. The summed E-state index contributed by atoms with van der Waals surface area (Å²) in [7, 11) is -7.92. The third-order valence-corrected chi connectivity index (χ3v) is 12.6. The molecule has 2 aliphatic rings. The molecule has 13 nitrogen and oxygen atoms in total. The number of sulfonamides is 1. The van der Waals surface area contributed by atoms with Crippen molar-refractivity contribution in [3.8, 4) is 5.75 Å². The number of fused-ring (bicyclic) bond motifs is 1. The lowest BCUT2D eigenvalue weighted by atomic mass is 10.0. The van der Waals surface area contributed by atoms with Crippen LogP contribution in [0.3, 0.4) is 0 Å². The molecule has 0 radical (unpaired) electrons. The van der Waals surface area contributed by atoms with Crippen LogP contribution in [-0.2, 0) is 50.4 Å². The molecule has 18 heteroatoms. The maximum absolute atomic E-state index is 13.8. The van der Waals surface area contributed by atoms with Crippen LogP contribution >= 0.6 is 7.60 Å². The lowest BCUT2D eigenvalue weighted by molar-refractivity contribution is -0.137. The van der Waals surface area contributed by atoms with Gasteiger partial charge in [-0.2, -0.15) is 17.5 Å². The average molecular weight is 823 g/mol. The number of alkyl halides is 3. The topological polar surface area (TPSA) is 159 Å². The first-order chi connectivity index (χ1) is 26.0. The van der Waals surface area contributed by atoms with Gasteiger partial charge in [-0.05, 0) is 73.6 Å². The molecule has 0 saturated carbocycles. The Balaban J connectivity index is 1.51. The minimum absolute atomic E-state index is 0.0154. The minimum Gasteiger partial charge on any atom is -0.481 e. The Morgan fingerprint density at radius 3 is 2.22 bits per heavy atom.